The highest BCUT2D eigenvalue weighted by Gasteiger charge is 2.13. The quantitative estimate of drug-likeness (QED) is 0.189. The van der Waals surface area contributed by atoms with E-state index in [0.29, 0.717) is 17.9 Å². The lowest BCUT2D eigenvalue weighted by molar-refractivity contribution is -0.136. The van der Waals surface area contributed by atoms with E-state index in [4.69, 9.17) is 18.9 Å². The Kier molecular flexibility index (Phi) is 9.75. The van der Waals surface area contributed by atoms with Crippen LogP contribution < -0.4 is 19.5 Å². The lowest BCUT2D eigenvalue weighted by Crippen LogP contribution is -2.27. The van der Waals surface area contributed by atoms with Crippen LogP contribution in [0.25, 0.3) is 6.08 Å². The zero-order valence-corrected chi connectivity index (χ0v) is 18.3. The molecule has 0 fully saturated rings. The van der Waals surface area contributed by atoms with E-state index in [0.717, 1.165) is 6.42 Å². The van der Waals surface area contributed by atoms with Crippen molar-refractivity contribution in [2.75, 3.05) is 34.0 Å². The van der Waals surface area contributed by atoms with E-state index in [2.05, 4.69) is 12.2 Å². The molecule has 2 aromatic carbocycles. The van der Waals surface area contributed by atoms with Gasteiger partial charge in [-0.25, -0.2) is 4.79 Å². The van der Waals surface area contributed by atoms with E-state index in [1.165, 1.54) is 31.9 Å². The fourth-order valence-electron chi connectivity index (χ4n) is 2.65. The summed E-state index contributed by atoms with van der Waals surface area (Å²) in [6, 6.07) is 14.0. The first-order chi connectivity index (χ1) is 15.5. The molecule has 0 bridgehead atoms. The van der Waals surface area contributed by atoms with Crippen molar-refractivity contribution in [3.05, 3.63) is 59.2 Å². The molecule has 0 radical (unpaired) electrons. The summed E-state index contributed by atoms with van der Waals surface area (Å²) < 4.78 is 20.9. The van der Waals surface area contributed by atoms with Gasteiger partial charge in [0.25, 0.3) is 5.91 Å². The molecule has 2 aromatic rings. The van der Waals surface area contributed by atoms with E-state index in [9.17, 15) is 14.9 Å². The average molecular weight is 438 g/mol. The van der Waals surface area contributed by atoms with Crippen molar-refractivity contribution in [2.45, 2.75) is 13.3 Å². The summed E-state index contributed by atoms with van der Waals surface area (Å²) in [5.41, 5.74) is 1.63. The van der Waals surface area contributed by atoms with Crippen LogP contribution in [0, 0.1) is 11.3 Å². The van der Waals surface area contributed by atoms with Crippen LogP contribution in [0.15, 0.2) is 48.0 Å². The Morgan fingerprint density at radius 1 is 1.09 bits per heavy atom. The molecule has 0 saturated carbocycles. The highest BCUT2D eigenvalue weighted by atomic mass is 16.6. The number of hydrogen-bond acceptors (Lipinski definition) is 7. The van der Waals surface area contributed by atoms with Gasteiger partial charge in [-0.05, 0) is 47.9 Å². The smallest absolute Gasteiger partial charge is 0.349 e. The number of rotatable bonds is 11. The third kappa shape index (κ3) is 7.45. The van der Waals surface area contributed by atoms with E-state index in [1.807, 2.05) is 18.2 Å². The molecular weight excluding hydrogens is 412 g/mol. The zero-order valence-electron chi connectivity index (χ0n) is 18.3. The molecule has 0 saturated heterocycles. The number of aryl methyl sites for hydroxylation is 1. The first-order valence-electron chi connectivity index (χ1n) is 10.00. The van der Waals surface area contributed by atoms with Crippen molar-refractivity contribution >= 4 is 18.0 Å². The second kappa shape index (κ2) is 12.8. The number of nitrogens with one attached hydrogen (secondary N) is 1. The number of carbonyl (C=O) groups excluding carboxylic acids is 2. The Labute approximate surface area is 187 Å². The summed E-state index contributed by atoms with van der Waals surface area (Å²) in [6.07, 6.45) is 2.33. The second-order valence-electron chi connectivity index (χ2n) is 6.59. The van der Waals surface area contributed by atoms with Crippen LogP contribution in [0.5, 0.6) is 17.2 Å². The number of esters is 1. The van der Waals surface area contributed by atoms with Crippen molar-refractivity contribution in [2.24, 2.45) is 0 Å². The number of ether oxygens (including phenoxy) is 4. The van der Waals surface area contributed by atoms with Gasteiger partial charge in [-0.15, -0.1) is 0 Å². The van der Waals surface area contributed by atoms with Crippen molar-refractivity contribution in [1.82, 2.24) is 5.32 Å². The number of nitriles is 1. The predicted molar refractivity (Wildman–Crippen MR) is 118 cm³/mol. The zero-order chi connectivity index (χ0) is 23.3. The van der Waals surface area contributed by atoms with Gasteiger partial charge in [-0.2, -0.15) is 5.26 Å². The predicted octanol–water partition coefficient (Wildman–Crippen LogP) is 2.91. The summed E-state index contributed by atoms with van der Waals surface area (Å²) in [4.78, 5) is 24.3. The van der Waals surface area contributed by atoms with Gasteiger partial charge in [-0.1, -0.05) is 25.1 Å². The Morgan fingerprint density at radius 3 is 2.47 bits per heavy atom. The van der Waals surface area contributed by atoms with Gasteiger partial charge >= 0.3 is 5.97 Å². The van der Waals surface area contributed by atoms with Crippen LogP contribution in [0.3, 0.4) is 0 Å². The number of carbonyl (C=O) groups is 2. The monoisotopic (exact) mass is 438 g/mol. The van der Waals surface area contributed by atoms with Gasteiger partial charge in [0.05, 0.1) is 13.7 Å². The SMILES string of the molecule is CCc1ccc(OCC(=O)Oc2ccc(/C=C(\C#N)C(=O)NCCOC)cc2OC)cc1. The summed E-state index contributed by atoms with van der Waals surface area (Å²) in [7, 11) is 2.94. The molecule has 0 aliphatic carbocycles. The van der Waals surface area contributed by atoms with Gasteiger partial charge in [0.2, 0.25) is 0 Å². The van der Waals surface area contributed by atoms with Crippen LogP contribution >= 0.6 is 0 Å². The van der Waals surface area contributed by atoms with Crippen molar-refractivity contribution in [3.63, 3.8) is 0 Å². The normalized spacial score (nSPS) is 10.8. The van der Waals surface area contributed by atoms with Crippen LogP contribution in [-0.2, 0) is 20.7 Å². The highest BCUT2D eigenvalue weighted by molar-refractivity contribution is 6.01. The fourth-order valence-corrected chi connectivity index (χ4v) is 2.65. The molecule has 8 heteroatoms. The lowest BCUT2D eigenvalue weighted by atomic mass is 10.1. The average Bonchev–Trinajstić information content (AvgIpc) is 2.82. The minimum absolute atomic E-state index is 0.0737. The molecule has 8 nitrogen and oxygen atoms in total. The van der Waals surface area contributed by atoms with Gasteiger partial charge in [0.1, 0.15) is 17.4 Å². The molecule has 0 aliphatic rings. The Bertz CT molecular complexity index is 993. The standard InChI is InChI=1S/C24H26N2O6/c1-4-17-5-8-20(9-6-17)31-16-23(27)32-21-10-7-18(14-22(21)30-3)13-19(15-25)24(28)26-11-12-29-2/h5-10,13-14H,4,11-12,16H2,1-3H3,(H,26,28)/b19-13+. The van der Waals surface area contributed by atoms with Crippen molar-refractivity contribution < 1.29 is 28.5 Å². The third-order valence-corrected chi connectivity index (χ3v) is 4.37. The number of benzene rings is 2. The molecular formula is C24H26N2O6. The lowest BCUT2D eigenvalue weighted by Gasteiger charge is -2.11. The maximum atomic E-state index is 12.2. The third-order valence-electron chi connectivity index (χ3n) is 4.37. The Hall–Kier alpha value is -3.83. The number of nitrogens with zero attached hydrogens (tertiary/aromatic N) is 1. The molecule has 0 atom stereocenters. The molecule has 168 valence electrons. The molecule has 2 rings (SSSR count). The van der Waals surface area contributed by atoms with E-state index in [1.54, 1.807) is 24.3 Å². The van der Waals surface area contributed by atoms with Gasteiger partial charge in [0, 0.05) is 13.7 Å². The fraction of sp³-hybridized carbons (Fsp3) is 0.292. The van der Waals surface area contributed by atoms with Gasteiger partial charge < -0.3 is 24.3 Å². The second-order valence-corrected chi connectivity index (χ2v) is 6.59. The first-order valence-corrected chi connectivity index (χ1v) is 10.00. The minimum atomic E-state index is -0.596. The summed E-state index contributed by atoms with van der Waals surface area (Å²) in [5, 5.41) is 11.9. The molecule has 0 aliphatic heterocycles. The van der Waals surface area contributed by atoms with Crippen LogP contribution in [0.1, 0.15) is 18.1 Å². The number of hydrogen-bond donors (Lipinski definition) is 1. The van der Waals surface area contributed by atoms with E-state index < -0.39 is 11.9 Å². The van der Waals surface area contributed by atoms with Crippen LogP contribution in [0.2, 0.25) is 0 Å². The molecule has 1 N–H and O–H groups in total. The maximum absolute atomic E-state index is 12.2. The topological polar surface area (TPSA) is 107 Å². The maximum Gasteiger partial charge on any atom is 0.349 e. The molecule has 0 heterocycles. The molecule has 0 aromatic heterocycles. The van der Waals surface area contributed by atoms with Crippen LogP contribution in [-0.4, -0.2) is 45.9 Å². The molecule has 32 heavy (non-hydrogen) atoms. The summed E-state index contributed by atoms with van der Waals surface area (Å²) in [6.45, 7) is 2.42. The Morgan fingerprint density at radius 2 is 1.84 bits per heavy atom. The first kappa shape index (κ1) is 24.4. The van der Waals surface area contributed by atoms with E-state index >= 15 is 0 Å². The van der Waals surface area contributed by atoms with Gasteiger partial charge in [0.15, 0.2) is 18.1 Å². The molecule has 0 spiro atoms. The number of amides is 1. The van der Waals surface area contributed by atoms with Crippen molar-refractivity contribution in [3.8, 4) is 23.3 Å². The Balaban J connectivity index is 2.03. The largest absolute Gasteiger partial charge is 0.493 e. The molecule has 0 unspecified atom stereocenters. The minimum Gasteiger partial charge on any atom is -0.493 e. The summed E-state index contributed by atoms with van der Waals surface area (Å²) >= 11 is 0. The number of methoxy groups -OCH3 is 2. The van der Waals surface area contributed by atoms with Crippen molar-refractivity contribution in [1.29, 1.82) is 5.26 Å². The van der Waals surface area contributed by atoms with E-state index in [-0.39, 0.29) is 30.2 Å². The molecule has 1 amide bonds. The summed E-state index contributed by atoms with van der Waals surface area (Å²) in [5.74, 6) is -0.0666. The van der Waals surface area contributed by atoms with Gasteiger partial charge in [-0.3, -0.25) is 4.79 Å². The van der Waals surface area contributed by atoms with Crippen LogP contribution in [0.4, 0.5) is 0 Å². The highest BCUT2D eigenvalue weighted by Crippen LogP contribution is 2.29.